The Morgan fingerprint density at radius 2 is 2.05 bits per heavy atom. The van der Waals surface area contributed by atoms with Gasteiger partial charge in [0.15, 0.2) is 5.78 Å². The summed E-state index contributed by atoms with van der Waals surface area (Å²) in [6, 6.07) is 5.92. The average Bonchev–Trinajstić information content (AvgIpc) is 2.46. The molecule has 0 saturated carbocycles. The SMILES string of the molecule is NCCCCCCC(=O)c1cccc2c1OCCC2. The molecule has 3 nitrogen and oxygen atoms in total. The molecule has 0 aliphatic carbocycles. The van der Waals surface area contributed by atoms with Crippen molar-refractivity contribution in [2.75, 3.05) is 13.2 Å². The smallest absolute Gasteiger partial charge is 0.166 e. The molecule has 0 aromatic heterocycles. The lowest BCUT2D eigenvalue weighted by Crippen LogP contribution is -2.12. The van der Waals surface area contributed by atoms with Gasteiger partial charge in [0.2, 0.25) is 0 Å². The molecule has 3 heteroatoms. The van der Waals surface area contributed by atoms with Gasteiger partial charge < -0.3 is 10.5 Å². The quantitative estimate of drug-likeness (QED) is 0.606. The zero-order valence-corrected chi connectivity index (χ0v) is 11.5. The summed E-state index contributed by atoms with van der Waals surface area (Å²) < 4.78 is 5.68. The number of hydrogen-bond donors (Lipinski definition) is 1. The van der Waals surface area contributed by atoms with Crippen LogP contribution in [0.15, 0.2) is 18.2 Å². The monoisotopic (exact) mass is 261 g/mol. The van der Waals surface area contributed by atoms with Gasteiger partial charge in [0, 0.05) is 6.42 Å². The van der Waals surface area contributed by atoms with Crippen LogP contribution < -0.4 is 10.5 Å². The minimum atomic E-state index is 0.214. The fourth-order valence-electron chi connectivity index (χ4n) is 2.53. The van der Waals surface area contributed by atoms with E-state index in [1.165, 1.54) is 5.56 Å². The molecule has 0 spiro atoms. The number of fused-ring (bicyclic) bond motifs is 1. The highest BCUT2D eigenvalue weighted by Crippen LogP contribution is 2.30. The first-order valence-corrected chi connectivity index (χ1v) is 7.31. The average molecular weight is 261 g/mol. The highest BCUT2D eigenvalue weighted by Gasteiger charge is 2.18. The van der Waals surface area contributed by atoms with Gasteiger partial charge in [0.25, 0.3) is 0 Å². The maximum Gasteiger partial charge on any atom is 0.166 e. The van der Waals surface area contributed by atoms with E-state index in [0.29, 0.717) is 6.42 Å². The summed E-state index contributed by atoms with van der Waals surface area (Å²) in [6.45, 7) is 1.47. The van der Waals surface area contributed by atoms with Crippen LogP contribution in [0.1, 0.15) is 54.4 Å². The molecule has 0 radical (unpaired) electrons. The Bertz CT molecular complexity index is 429. The molecule has 0 atom stereocenters. The number of carbonyl (C=O) groups excluding carboxylic acids is 1. The summed E-state index contributed by atoms with van der Waals surface area (Å²) in [5, 5.41) is 0. The first-order chi connectivity index (χ1) is 9.33. The van der Waals surface area contributed by atoms with E-state index in [0.717, 1.165) is 63.0 Å². The predicted octanol–water partition coefficient (Wildman–Crippen LogP) is 3.10. The number of hydrogen-bond acceptors (Lipinski definition) is 3. The normalized spacial score (nSPS) is 13.7. The number of unbranched alkanes of at least 4 members (excludes halogenated alkanes) is 3. The topological polar surface area (TPSA) is 52.3 Å². The van der Waals surface area contributed by atoms with Crippen molar-refractivity contribution in [1.29, 1.82) is 0 Å². The van der Waals surface area contributed by atoms with E-state index >= 15 is 0 Å². The van der Waals surface area contributed by atoms with Gasteiger partial charge in [0.05, 0.1) is 12.2 Å². The Hall–Kier alpha value is -1.35. The maximum absolute atomic E-state index is 12.2. The van der Waals surface area contributed by atoms with Crippen LogP contribution in [0.2, 0.25) is 0 Å². The van der Waals surface area contributed by atoms with Crippen molar-refractivity contribution < 1.29 is 9.53 Å². The highest BCUT2D eigenvalue weighted by molar-refractivity contribution is 5.99. The van der Waals surface area contributed by atoms with E-state index in [4.69, 9.17) is 10.5 Å². The molecule has 0 unspecified atom stereocenters. The summed E-state index contributed by atoms with van der Waals surface area (Å²) in [6.07, 6.45) is 6.88. The summed E-state index contributed by atoms with van der Waals surface area (Å²) >= 11 is 0. The zero-order chi connectivity index (χ0) is 13.5. The summed E-state index contributed by atoms with van der Waals surface area (Å²) in [5.74, 6) is 1.05. The van der Waals surface area contributed by atoms with Crippen molar-refractivity contribution in [3.05, 3.63) is 29.3 Å². The fourth-order valence-corrected chi connectivity index (χ4v) is 2.53. The molecule has 1 aromatic carbocycles. The van der Waals surface area contributed by atoms with Gasteiger partial charge in [-0.15, -0.1) is 0 Å². The largest absolute Gasteiger partial charge is 0.493 e. The van der Waals surface area contributed by atoms with Crippen LogP contribution in [0, 0.1) is 0 Å². The second-order valence-corrected chi connectivity index (χ2v) is 5.12. The van der Waals surface area contributed by atoms with Crippen LogP contribution in [-0.2, 0) is 6.42 Å². The third-order valence-corrected chi connectivity index (χ3v) is 3.59. The van der Waals surface area contributed by atoms with E-state index < -0.39 is 0 Å². The molecule has 104 valence electrons. The van der Waals surface area contributed by atoms with Crippen LogP contribution in [0.4, 0.5) is 0 Å². The lowest BCUT2D eigenvalue weighted by atomic mass is 9.97. The van der Waals surface area contributed by atoms with Crippen molar-refractivity contribution >= 4 is 5.78 Å². The van der Waals surface area contributed by atoms with Crippen LogP contribution in [0.3, 0.4) is 0 Å². The Morgan fingerprint density at radius 3 is 2.89 bits per heavy atom. The third kappa shape index (κ3) is 3.80. The lowest BCUT2D eigenvalue weighted by Gasteiger charge is -2.19. The molecule has 1 aliphatic heterocycles. The number of para-hydroxylation sites is 1. The van der Waals surface area contributed by atoms with Crippen LogP contribution in [0.25, 0.3) is 0 Å². The Kier molecular flexibility index (Phi) is 5.40. The van der Waals surface area contributed by atoms with E-state index in [2.05, 4.69) is 6.07 Å². The number of benzene rings is 1. The van der Waals surface area contributed by atoms with Gasteiger partial charge >= 0.3 is 0 Å². The van der Waals surface area contributed by atoms with Crippen molar-refractivity contribution in [3.63, 3.8) is 0 Å². The first kappa shape index (κ1) is 14.1. The van der Waals surface area contributed by atoms with E-state index in [1.54, 1.807) is 0 Å². The van der Waals surface area contributed by atoms with Gasteiger partial charge in [-0.05, 0) is 43.9 Å². The molecule has 0 saturated heterocycles. The first-order valence-electron chi connectivity index (χ1n) is 7.31. The molecule has 2 N–H and O–H groups in total. The van der Waals surface area contributed by atoms with E-state index in [-0.39, 0.29) is 5.78 Å². The number of carbonyl (C=O) groups is 1. The molecule has 2 rings (SSSR count). The molecule has 1 aromatic rings. The second-order valence-electron chi connectivity index (χ2n) is 5.12. The molecule has 1 heterocycles. The molecule has 0 bridgehead atoms. The highest BCUT2D eigenvalue weighted by atomic mass is 16.5. The van der Waals surface area contributed by atoms with Crippen molar-refractivity contribution in [1.82, 2.24) is 0 Å². The number of ketones is 1. The summed E-state index contributed by atoms with van der Waals surface area (Å²) in [5.41, 5.74) is 7.41. The summed E-state index contributed by atoms with van der Waals surface area (Å²) in [4.78, 5) is 12.2. The van der Waals surface area contributed by atoms with Gasteiger partial charge in [-0.2, -0.15) is 0 Å². The fraction of sp³-hybridized carbons (Fsp3) is 0.562. The Morgan fingerprint density at radius 1 is 1.21 bits per heavy atom. The number of aryl methyl sites for hydroxylation is 1. The molecular formula is C16H23NO2. The standard InChI is InChI=1S/C16H23NO2/c17-11-4-2-1-3-10-15(18)14-9-5-7-13-8-6-12-19-16(13)14/h5,7,9H,1-4,6,8,10-12,17H2. The van der Waals surface area contributed by atoms with Crippen molar-refractivity contribution in [3.8, 4) is 5.75 Å². The van der Waals surface area contributed by atoms with Crippen LogP contribution in [-0.4, -0.2) is 18.9 Å². The van der Waals surface area contributed by atoms with Gasteiger partial charge in [0.1, 0.15) is 5.75 Å². The summed E-state index contributed by atoms with van der Waals surface area (Å²) in [7, 11) is 0. The lowest BCUT2D eigenvalue weighted by molar-refractivity contribution is 0.0974. The van der Waals surface area contributed by atoms with Crippen molar-refractivity contribution in [2.45, 2.75) is 44.9 Å². The number of Topliss-reactive ketones (excluding diaryl/α,β-unsaturated/α-hetero) is 1. The maximum atomic E-state index is 12.2. The van der Waals surface area contributed by atoms with Crippen molar-refractivity contribution in [2.24, 2.45) is 5.73 Å². The molecular weight excluding hydrogens is 238 g/mol. The molecule has 1 aliphatic rings. The second kappa shape index (κ2) is 7.29. The number of ether oxygens (including phenoxy) is 1. The number of rotatable bonds is 7. The Labute approximate surface area is 115 Å². The molecule has 19 heavy (non-hydrogen) atoms. The van der Waals surface area contributed by atoms with E-state index in [1.807, 2.05) is 12.1 Å². The van der Waals surface area contributed by atoms with Gasteiger partial charge in [-0.1, -0.05) is 25.0 Å². The molecule has 0 fully saturated rings. The number of nitrogens with two attached hydrogens (primary N) is 1. The Balaban J connectivity index is 1.92. The molecule has 0 amide bonds. The minimum absolute atomic E-state index is 0.214. The van der Waals surface area contributed by atoms with E-state index in [9.17, 15) is 4.79 Å². The van der Waals surface area contributed by atoms with Crippen LogP contribution in [0.5, 0.6) is 5.75 Å². The van der Waals surface area contributed by atoms with Gasteiger partial charge in [-0.3, -0.25) is 4.79 Å². The predicted molar refractivity (Wildman–Crippen MR) is 76.7 cm³/mol. The minimum Gasteiger partial charge on any atom is -0.493 e. The third-order valence-electron chi connectivity index (χ3n) is 3.59. The van der Waals surface area contributed by atoms with Crippen LogP contribution >= 0.6 is 0 Å². The van der Waals surface area contributed by atoms with Gasteiger partial charge in [-0.25, -0.2) is 0 Å². The zero-order valence-electron chi connectivity index (χ0n) is 11.5.